The fourth-order valence-electron chi connectivity index (χ4n) is 8.39. The monoisotopic (exact) mass is 533 g/mol. The third kappa shape index (κ3) is 7.29. The Kier molecular flexibility index (Phi) is 12.8. The van der Waals surface area contributed by atoms with E-state index in [-0.39, 0.29) is 0 Å². The van der Waals surface area contributed by atoms with E-state index in [2.05, 4.69) is 26.0 Å². The standard InChI is InChI=1S/C32H45N.3C2H6/c1-22-13-15-24(16-14-22)19-27-30(25-9-4-3-5-10-25)29-23(2)20-32(17-8-18-32)21-28(29)33-31(27)26-11-6-7-12-26;3*1-2/h13,15,23,25-26H,3-12,14,16-21H2,1-2H3;3*1-2H3. The first-order valence-electron chi connectivity index (χ1n) is 17.5. The quantitative estimate of drug-likeness (QED) is 0.375. The van der Waals surface area contributed by atoms with Gasteiger partial charge in [0.15, 0.2) is 0 Å². The van der Waals surface area contributed by atoms with Crippen LogP contribution < -0.4 is 0 Å². The van der Waals surface area contributed by atoms with E-state index in [0.29, 0.717) is 11.3 Å². The Labute approximate surface area is 243 Å². The van der Waals surface area contributed by atoms with Crippen molar-refractivity contribution in [1.29, 1.82) is 0 Å². The molecule has 1 aromatic heterocycles. The van der Waals surface area contributed by atoms with Gasteiger partial charge in [0.2, 0.25) is 0 Å². The van der Waals surface area contributed by atoms with E-state index in [1.807, 2.05) is 47.1 Å². The summed E-state index contributed by atoms with van der Waals surface area (Å²) in [6, 6.07) is 0. The van der Waals surface area contributed by atoms with E-state index in [1.165, 1.54) is 109 Å². The molecule has 1 aromatic rings. The molecular formula is C38H63N. The fraction of sp³-hybridized carbons (Fsp3) is 0.763. The van der Waals surface area contributed by atoms with Crippen LogP contribution in [0.15, 0.2) is 23.3 Å². The Morgan fingerprint density at radius 2 is 1.36 bits per heavy atom. The molecule has 1 nitrogen and oxygen atoms in total. The van der Waals surface area contributed by atoms with Crippen molar-refractivity contribution >= 4 is 0 Å². The van der Waals surface area contributed by atoms with Gasteiger partial charge >= 0.3 is 0 Å². The normalized spacial score (nSPS) is 23.9. The molecule has 3 fully saturated rings. The lowest BCUT2D eigenvalue weighted by molar-refractivity contribution is 0.0974. The summed E-state index contributed by atoms with van der Waals surface area (Å²) in [5.74, 6) is 2.23. The summed E-state index contributed by atoms with van der Waals surface area (Å²) in [4.78, 5) is 5.72. The highest BCUT2D eigenvalue weighted by molar-refractivity contribution is 5.50. The van der Waals surface area contributed by atoms with Crippen LogP contribution in [0.3, 0.4) is 0 Å². The first kappa shape index (κ1) is 32.1. The first-order chi connectivity index (χ1) is 19.1. The predicted octanol–water partition coefficient (Wildman–Crippen LogP) is 12.3. The molecule has 1 heteroatoms. The van der Waals surface area contributed by atoms with Crippen LogP contribution in [0.5, 0.6) is 0 Å². The van der Waals surface area contributed by atoms with Crippen LogP contribution in [0.2, 0.25) is 0 Å². The van der Waals surface area contributed by atoms with Crippen LogP contribution in [-0.4, -0.2) is 4.98 Å². The molecular weight excluding hydrogens is 470 g/mol. The zero-order valence-electron chi connectivity index (χ0n) is 27.4. The number of hydrogen-bond acceptors (Lipinski definition) is 1. The van der Waals surface area contributed by atoms with Crippen LogP contribution in [0, 0.1) is 5.41 Å². The second-order valence-corrected chi connectivity index (χ2v) is 12.7. The predicted molar refractivity (Wildman–Crippen MR) is 173 cm³/mol. The van der Waals surface area contributed by atoms with Gasteiger partial charge in [-0.1, -0.05) is 110 Å². The van der Waals surface area contributed by atoms with Gasteiger partial charge in [-0.05, 0) is 111 Å². The van der Waals surface area contributed by atoms with E-state index in [9.17, 15) is 0 Å². The maximum absolute atomic E-state index is 5.72. The zero-order chi connectivity index (χ0) is 28.4. The summed E-state index contributed by atoms with van der Waals surface area (Å²) < 4.78 is 0. The second kappa shape index (κ2) is 15.6. The molecule has 0 amide bonds. The van der Waals surface area contributed by atoms with Crippen molar-refractivity contribution < 1.29 is 0 Å². The van der Waals surface area contributed by atoms with E-state index < -0.39 is 0 Å². The van der Waals surface area contributed by atoms with E-state index in [4.69, 9.17) is 4.98 Å². The number of allylic oxidation sites excluding steroid dienone is 4. The lowest BCUT2D eigenvalue weighted by atomic mass is 9.57. The lowest BCUT2D eigenvalue weighted by Crippen LogP contribution is -2.38. The Hall–Kier alpha value is -1.37. The zero-order valence-corrected chi connectivity index (χ0v) is 27.4. The van der Waals surface area contributed by atoms with Crippen LogP contribution >= 0.6 is 0 Å². The van der Waals surface area contributed by atoms with Crippen molar-refractivity contribution in [2.24, 2.45) is 5.41 Å². The van der Waals surface area contributed by atoms with Gasteiger partial charge in [0.05, 0.1) is 0 Å². The minimum atomic E-state index is 0.603. The average molecular weight is 534 g/mol. The molecule has 39 heavy (non-hydrogen) atoms. The number of pyridine rings is 1. The van der Waals surface area contributed by atoms with Crippen molar-refractivity contribution in [3.8, 4) is 0 Å². The van der Waals surface area contributed by atoms with Gasteiger partial charge < -0.3 is 0 Å². The smallest absolute Gasteiger partial charge is 0.0476 e. The fourth-order valence-corrected chi connectivity index (χ4v) is 8.39. The molecule has 0 aromatic carbocycles. The van der Waals surface area contributed by atoms with Gasteiger partial charge in [0, 0.05) is 17.3 Å². The number of fused-ring (bicyclic) bond motifs is 1. The molecule has 6 rings (SSSR count). The minimum absolute atomic E-state index is 0.603. The largest absolute Gasteiger partial charge is 0.257 e. The highest BCUT2D eigenvalue weighted by Gasteiger charge is 2.45. The van der Waals surface area contributed by atoms with Crippen molar-refractivity contribution in [2.75, 3.05) is 0 Å². The molecule has 1 unspecified atom stereocenters. The summed E-state index contributed by atoms with van der Waals surface area (Å²) >= 11 is 0. The summed E-state index contributed by atoms with van der Waals surface area (Å²) in [6.45, 7) is 16.9. The molecule has 1 atom stereocenters. The van der Waals surface area contributed by atoms with Crippen LogP contribution in [0.1, 0.15) is 198 Å². The second-order valence-electron chi connectivity index (χ2n) is 12.7. The molecule has 0 radical (unpaired) electrons. The van der Waals surface area contributed by atoms with E-state index in [0.717, 1.165) is 11.8 Å². The molecule has 1 spiro atoms. The van der Waals surface area contributed by atoms with Crippen LogP contribution in [0.25, 0.3) is 0 Å². The summed E-state index contributed by atoms with van der Waals surface area (Å²) in [7, 11) is 0. The highest BCUT2D eigenvalue weighted by atomic mass is 14.8. The highest BCUT2D eigenvalue weighted by Crippen LogP contribution is 2.56. The van der Waals surface area contributed by atoms with E-state index >= 15 is 0 Å². The van der Waals surface area contributed by atoms with Gasteiger partial charge in [-0.15, -0.1) is 0 Å². The number of hydrogen-bond donors (Lipinski definition) is 0. The average Bonchev–Trinajstić information content (AvgIpc) is 3.52. The van der Waals surface area contributed by atoms with Crippen LogP contribution in [0.4, 0.5) is 0 Å². The topological polar surface area (TPSA) is 12.9 Å². The Morgan fingerprint density at radius 1 is 0.744 bits per heavy atom. The molecule has 5 aliphatic carbocycles. The lowest BCUT2D eigenvalue weighted by Gasteiger charge is -2.48. The third-order valence-electron chi connectivity index (χ3n) is 10.3. The van der Waals surface area contributed by atoms with Gasteiger partial charge in [-0.3, -0.25) is 4.98 Å². The maximum Gasteiger partial charge on any atom is 0.0476 e. The summed E-state index contributed by atoms with van der Waals surface area (Å²) in [5, 5.41) is 0. The van der Waals surface area contributed by atoms with Crippen molar-refractivity contribution in [2.45, 2.75) is 182 Å². The molecule has 220 valence electrons. The van der Waals surface area contributed by atoms with Gasteiger partial charge in [0.1, 0.15) is 0 Å². The number of nitrogens with zero attached hydrogens (tertiary/aromatic N) is 1. The van der Waals surface area contributed by atoms with Gasteiger partial charge in [-0.2, -0.15) is 0 Å². The Morgan fingerprint density at radius 3 is 1.92 bits per heavy atom. The SMILES string of the molecule is CC.CC.CC.CC1=CC=C(Cc2c(C3CCCC3)nc3c(c2C2CCCCC2)C(C)CC2(CCC2)C3)CC1. The third-order valence-corrected chi connectivity index (χ3v) is 10.3. The van der Waals surface area contributed by atoms with Crippen molar-refractivity contribution in [1.82, 2.24) is 4.98 Å². The first-order valence-corrected chi connectivity index (χ1v) is 17.5. The Bertz CT molecular complexity index is 947. The summed E-state index contributed by atoms with van der Waals surface area (Å²) in [5.41, 5.74) is 12.3. The molecule has 1 heterocycles. The van der Waals surface area contributed by atoms with Crippen LogP contribution in [-0.2, 0) is 12.8 Å². The molecule has 0 aliphatic heterocycles. The Balaban J connectivity index is 0.000000657. The van der Waals surface area contributed by atoms with Crippen molar-refractivity contribution in [3.05, 3.63) is 51.4 Å². The van der Waals surface area contributed by atoms with Gasteiger partial charge in [0.25, 0.3) is 0 Å². The molecule has 5 aliphatic rings. The van der Waals surface area contributed by atoms with Gasteiger partial charge in [-0.25, -0.2) is 0 Å². The molecule has 0 bridgehead atoms. The number of rotatable bonds is 4. The number of aromatic nitrogens is 1. The summed E-state index contributed by atoms with van der Waals surface area (Å²) in [6.07, 6.45) is 28.3. The molecule has 0 N–H and O–H groups in total. The molecule has 3 saturated carbocycles. The maximum atomic E-state index is 5.72. The molecule has 0 saturated heterocycles. The van der Waals surface area contributed by atoms with Crippen molar-refractivity contribution in [3.63, 3.8) is 0 Å². The van der Waals surface area contributed by atoms with E-state index in [1.54, 1.807) is 33.7 Å². The minimum Gasteiger partial charge on any atom is -0.257 e.